The van der Waals surface area contributed by atoms with Crippen LogP contribution in [0.2, 0.25) is 0 Å². The lowest BCUT2D eigenvalue weighted by atomic mass is 10.1. The molecule has 134 valence electrons. The van der Waals surface area contributed by atoms with Crippen molar-refractivity contribution in [2.75, 3.05) is 11.1 Å². The molecule has 0 spiro atoms. The third-order valence-electron chi connectivity index (χ3n) is 3.84. The Morgan fingerprint density at radius 1 is 1.19 bits per heavy atom. The second-order valence-electron chi connectivity index (χ2n) is 5.65. The van der Waals surface area contributed by atoms with Crippen LogP contribution in [0.25, 0.3) is 11.5 Å². The number of aryl methyl sites for hydroxylation is 2. The quantitative estimate of drug-likeness (QED) is 0.647. The van der Waals surface area contributed by atoms with Crippen LogP contribution in [0, 0.1) is 12.7 Å². The molecule has 2 aromatic carbocycles. The molecule has 0 fully saturated rings. The van der Waals surface area contributed by atoms with E-state index in [2.05, 4.69) is 15.5 Å². The van der Waals surface area contributed by atoms with Crippen LogP contribution in [0.15, 0.2) is 52.1 Å². The summed E-state index contributed by atoms with van der Waals surface area (Å²) in [6.07, 6.45) is 0.833. The molecule has 26 heavy (non-hydrogen) atoms. The minimum Gasteiger partial charge on any atom is -0.411 e. The number of carbonyl (C=O) groups is 1. The van der Waals surface area contributed by atoms with Crippen LogP contribution < -0.4 is 5.32 Å². The van der Waals surface area contributed by atoms with Gasteiger partial charge in [-0.1, -0.05) is 49.0 Å². The van der Waals surface area contributed by atoms with Crippen molar-refractivity contribution in [3.05, 3.63) is 59.4 Å². The highest BCUT2D eigenvalue weighted by Gasteiger charge is 2.15. The average Bonchev–Trinajstić information content (AvgIpc) is 3.11. The summed E-state index contributed by atoms with van der Waals surface area (Å²) in [5.41, 5.74) is 3.19. The Hall–Kier alpha value is -2.67. The van der Waals surface area contributed by atoms with Gasteiger partial charge in [0, 0.05) is 5.69 Å². The maximum Gasteiger partial charge on any atom is 0.277 e. The summed E-state index contributed by atoms with van der Waals surface area (Å²) in [6, 6.07) is 12.1. The van der Waals surface area contributed by atoms with Gasteiger partial charge < -0.3 is 9.73 Å². The standard InChI is InChI=1S/C19H18FN3O2S/c1-3-13-8-6-7-12(2)17(13)21-16(24)11-26-19-23-22-18(25-19)14-9-4-5-10-15(14)20/h4-10H,3,11H2,1-2H3,(H,21,24). The molecule has 1 heterocycles. The molecule has 1 N–H and O–H groups in total. The summed E-state index contributed by atoms with van der Waals surface area (Å²) in [5, 5.41) is 10.9. The number of hydrogen-bond acceptors (Lipinski definition) is 5. The van der Waals surface area contributed by atoms with E-state index >= 15 is 0 Å². The highest BCUT2D eigenvalue weighted by atomic mass is 32.2. The first-order valence-electron chi connectivity index (χ1n) is 8.18. The number of benzene rings is 2. The van der Waals surface area contributed by atoms with Gasteiger partial charge in [0.25, 0.3) is 11.1 Å². The van der Waals surface area contributed by atoms with Crippen LogP contribution >= 0.6 is 11.8 Å². The number of amides is 1. The fraction of sp³-hybridized carbons (Fsp3) is 0.211. The highest BCUT2D eigenvalue weighted by molar-refractivity contribution is 7.99. The van der Waals surface area contributed by atoms with Gasteiger partial charge in [0.2, 0.25) is 5.91 Å². The number of para-hydroxylation sites is 1. The lowest BCUT2D eigenvalue weighted by molar-refractivity contribution is -0.113. The van der Waals surface area contributed by atoms with Gasteiger partial charge in [0.05, 0.1) is 11.3 Å². The number of hydrogen-bond donors (Lipinski definition) is 1. The van der Waals surface area contributed by atoms with Crippen LogP contribution in [0.4, 0.5) is 10.1 Å². The predicted molar refractivity (Wildman–Crippen MR) is 99.6 cm³/mol. The van der Waals surface area contributed by atoms with E-state index in [4.69, 9.17) is 4.42 Å². The Morgan fingerprint density at radius 3 is 2.77 bits per heavy atom. The van der Waals surface area contributed by atoms with Crippen LogP contribution in [0.3, 0.4) is 0 Å². The number of anilines is 1. The van der Waals surface area contributed by atoms with Gasteiger partial charge in [-0.25, -0.2) is 4.39 Å². The fourth-order valence-corrected chi connectivity index (χ4v) is 3.08. The fourth-order valence-electron chi connectivity index (χ4n) is 2.52. The molecule has 3 aromatic rings. The molecule has 0 radical (unpaired) electrons. The maximum absolute atomic E-state index is 13.8. The zero-order valence-corrected chi connectivity index (χ0v) is 15.3. The predicted octanol–water partition coefficient (Wildman–Crippen LogP) is 4.48. The smallest absolute Gasteiger partial charge is 0.277 e. The van der Waals surface area contributed by atoms with Gasteiger partial charge in [-0.3, -0.25) is 4.79 Å². The van der Waals surface area contributed by atoms with Crippen molar-refractivity contribution in [1.29, 1.82) is 0 Å². The van der Waals surface area contributed by atoms with E-state index in [-0.39, 0.29) is 28.3 Å². The van der Waals surface area contributed by atoms with Crippen molar-refractivity contribution in [3.63, 3.8) is 0 Å². The molecule has 0 aliphatic rings. The molecule has 1 aromatic heterocycles. The van der Waals surface area contributed by atoms with Crippen molar-refractivity contribution in [2.24, 2.45) is 0 Å². The lowest BCUT2D eigenvalue weighted by Gasteiger charge is -2.12. The van der Waals surface area contributed by atoms with Gasteiger partial charge >= 0.3 is 0 Å². The van der Waals surface area contributed by atoms with Crippen LogP contribution in [-0.4, -0.2) is 21.9 Å². The number of rotatable bonds is 6. The van der Waals surface area contributed by atoms with E-state index in [1.165, 1.54) is 6.07 Å². The normalized spacial score (nSPS) is 10.7. The summed E-state index contributed by atoms with van der Waals surface area (Å²) in [4.78, 5) is 12.3. The molecule has 0 aliphatic carbocycles. The minimum atomic E-state index is -0.433. The summed E-state index contributed by atoms with van der Waals surface area (Å²) in [6.45, 7) is 4.00. The molecular weight excluding hydrogens is 353 g/mol. The number of aromatic nitrogens is 2. The molecule has 0 atom stereocenters. The SMILES string of the molecule is CCc1cccc(C)c1NC(=O)CSc1nnc(-c2ccccc2F)o1. The van der Waals surface area contributed by atoms with Crippen molar-refractivity contribution in [2.45, 2.75) is 25.5 Å². The van der Waals surface area contributed by atoms with Crippen molar-refractivity contribution < 1.29 is 13.6 Å². The van der Waals surface area contributed by atoms with E-state index < -0.39 is 5.82 Å². The molecule has 7 heteroatoms. The zero-order valence-electron chi connectivity index (χ0n) is 14.5. The number of nitrogens with one attached hydrogen (secondary N) is 1. The van der Waals surface area contributed by atoms with Gasteiger partial charge in [-0.15, -0.1) is 10.2 Å². The third-order valence-corrected chi connectivity index (χ3v) is 4.66. The Balaban J connectivity index is 1.63. The van der Waals surface area contributed by atoms with Crippen LogP contribution in [0.1, 0.15) is 18.1 Å². The summed E-state index contributed by atoms with van der Waals surface area (Å²) < 4.78 is 19.2. The van der Waals surface area contributed by atoms with E-state index in [1.807, 2.05) is 32.0 Å². The first kappa shape index (κ1) is 18.1. The lowest BCUT2D eigenvalue weighted by Crippen LogP contribution is -2.16. The van der Waals surface area contributed by atoms with Crippen molar-refractivity contribution in [3.8, 4) is 11.5 Å². The number of halogens is 1. The molecule has 0 unspecified atom stereocenters. The second kappa shape index (κ2) is 8.14. The first-order valence-corrected chi connectivity index (χ1v) is 9.16. The summed E-state index contributed by atoms with van der Waals surface area (Å²) >= 11 is 1.11. The summed E-state index contributed by atoms with van der Waals surface area (Å²) in [7, 11) is 0. The second-order valence-corrected chi connectivity index (χ2v) is 6.58. The Kier molecular flexibility index (Phi) is 5.68. The largest absolute Gasteiger partial charge is 0.411 e. The van der Waals surface area contributed by atoms with Gasteiger partial charge in [-0.2, -0.15) is 0 Å². The average molecular weight is 371 g/mol. The van der Waals surface area contributed by atoms with E-state index in [1.54, 1.807) is 18.2 Å². The molecule has 1 amide bonds. The monoisotopic (exact) mass is 371 g/mol. The van der Waals surface area contributed by atoms with Gasteiger partial charge in [0.15, 0.2) is 0 Å². The van der Waals surface area contributed by atoms with Gasteiger partial charge in [-0.05, 0) is 36.6 Å². The van der Waals surface area contributed by atoms with E-state index in [0.29, 0.717) is 0 Å². The molecular formula is C19H18FN3O2S. The number of nitrogens with zero attached hydrogens (tertiary/aromatic N) is 2. The zero-order chi connectivity index (χ0) is 18.5. The van der Waals surface area contributed by atoms with E-state index in [0.717, 1.165) is 35.0 Å². The molecule has 5 nitrogen and oxygen atoms in total. The Bertz CT molecular complexity index is 927. The molecule has 0 aliphatic heterocycles. The molecule has 0 saturated heterocycles. The number of carbonyl (C=O) groups excluding carboxylic acids is 1. The van der Waals surface area contributed by atoms with E-state index in [9.17, 15) is 9.18 Å². The molecule has 0 saturated carbocycles. The van der Waals surface area contributed by atoms with Crippen molar-refractivity contribution in [1.82, 2.24) is 10.2 Å². The maximum atomic E-state index is 13.8. The molecule has 0 bridgehead atoms. The number of thioether (sulfide) groups is 1. The molecule has 3 rings (SSSR count). The topological polar surface area (TPSA) is 68.0 Å². The third kappa shape index (κ3) is 4.11. The van der Waals surface area contributed by atoms with Crippen LogP contribution in [0.5, 0.6) is 0 Å². The first-order chi connectivity index (χ1) is 12.6. The summed E-state index contributed by atoms with van der Waals surface area (Å²) in [5.74, 6) is -0.379. The Morgan fingerprint density at radius 2 is 2.00 bits per heavy atom. The Labute approximate surface area is 155 Å². The van der Waals surface area contributed by atoms with Gasteiger partial charge in [0.1, 0.15) is 5.82 Å². The van der Waals surface area contributed by atoms with Crippen molar-refractivity contribution >= 4 is 23.4 Å². The highest BCUT2D eigenvalue weighted by Crippen LogP contribution is 2.26. The minimum absolute atomic E-state index is 0.0955. The van der Waals surface area contributed by atoms with Crippen LogP contribution in [-0.2, 0) is 11.2 Å².